The Bertz CT molecular complexity index is 356. The first-order valence-corrected chi connectivity index (χ1v) is 6.44. The third-order valence-electron chi connectivity index (χ3n) is 2.78. The molecule has 0 fully saturated rings. The molecule has 0 aliphatic heterocycles. The van der Waals surface area contributed by atoms with E-state index in [4.69, 9.17) is 15.6 Å². The maximum atomic E-state index is 13.1. The molecule has 0 amide bonds. The highest BCUT2D eigenvalue weighted by Gasteiger charge is 2.09. The molecule has 1 rings (SSSR count). The summed E-state index contributed by atoms with van der Waals surface area (Å²) in [6, 6.07) is 4.27. The molecule has 3 N–H and O–H groups in total. The lowest BCUT2D eigenvalue weighted by molar-refractivity contribution is 0.272. The Labute approximate surface area is 108 Å². The molecule has 1 unspecified atom stereocenters. The van der Waals surface area contributed by atoms with Crippen LogP contribution in [0, 0.1) is 5.82 Å². The van der Waals surface area contributed by atoms with Gasteiger partial charge in [0.15, 0.2) is 0 Å². The van der Waals surface area contributed by atoms with E-state index in [0.717, 1.165) is 31.2 Å². The van der Waals surface area contributed by atoms with E-state index < -0.39 is 0 Å². The molecule has 4 heteroatoms. The van der Waals surface area contributed by atoms with Crippen molar-refractivity contribution in [1.29, 1.82) is 0 Å². The zero-order valence-corrected chi connectivity index (χ0v) is 10.9. The van der Waals surface area contributed by atoms with Crippen LogP contribution >= 0.6 is 0 Å². The molecule has 0 bridgehead atoms. The average molecular weight is 255 g/mol. The smallest absolute Gasteiger partial charge is 0.126 e. The van der Waals surface area contributed by atoms with Gasteiger partial charge in [-0.05, 0) is 32.3 Å². The summed E-state index contributed by atoms with van der Waals surface area (Å²) in [5.74, 6) is 0.224. The van der Waals surface area contributed by atoms with Gasteiger partial charge in [-0.1, -0.05) is 12.5 Å². The van der Waals surface area contributed by atoms with Crippen LogP contribution in [0.2, 0.25) is 0 Å². The van der Waals surface area contributed by atoms with Gasteiger partial charge in [-0.15, -0.1) is 0 Å². The summed E-state index contributed by atoms with van der Waals surface area (Å²) in [6.07, 6.45) is 3.71. The Balaban J connectivity index is 2.43. The van der Waals surface area contributed by atoms with Crippen LogP contribution in [0.1, 0.15) is 44.2 Å². The van der Waals surface area contributed by atoms with Crippen LogP contribution in [0.15, 0.2) is 18.2 Å². The molecule has 0 radical (unpaired) electrons. The van der Waals surface area contributed by atoms with Crippen LogP contribution in [-0.4, -0.2) is 18.3 Å². The number of hydrogen-bond acceptors (Lipinski definition) is 3. The standard InChI is InChI=1S/C14H22FNO2/c1-11(16)13-7-6-12(15)10-14(13)18-9-5-3-2-4-8-17/h6-7,10-11,17H,2-5,8-9,16H2,1H3. The molecular formula is C14H22FNO2. The Morgan fingerprint density at radius 1 is 1.28 bits per heavy atom. The molecule has 0 spiro atoms. The van der Waals surface area contributed by atoms with Crippen LogP contribution in [-0.2, 0) is 0 Å². The number of benzene rings is 1. The van der Waals surface area contributed by atoms with Crippen molar-refractivity contribution in [3.63, 3.8) is 0 Å². The number of halogens is 1. The van der Waals surface area contributed by atoms with E-state index in [1.807, 2.05) is 6.92 Å². The fraction of sp³-hybridized carbons (Fsp3) is 0.571. The summed E-state index contributed by atoms with van der Waals surface area (Å²) in [6.45, 7) is 2.63. The minimum atomic E-state index is -0.310. The fourth-order valence-electron chi connectivity index (χ4n) is 1.76. The highest BCUT2D eigenvalue weighted by atomic mass is 19.1. The Morgan fingerprint density at radius 3 is 2.67 bits per heavy atom. The van der Waals surface area contributed by atoms with Crippen molar-refractivity contribution in [1.82, 2.24) is 0 Å². The summed E-state index contributed by atoms with van der Waals surface area (Å²) in [4.78, 5) is 0. The summed E-state index contributed by atoms with van der Waals surface area (Å²) < 4.78 is 18.7. The molecule has 0 saturated carbocycles. The minimum Gasteiger partial charge on any atom is -0.493 e. The van der Waals surface area contributed by atoms with Gasteiger partial charge in [0.25, 0.3) is 0 Å². The molecule has 18 heavy (non-hydrogen) atoms. The Kier molecular flexibility index (Phi) is 6.68. The monoisotopic (exact) mass is 255 g/mol. The van der Waals surface area contributed by atoms with Gasteiger partial charge >= 0.3 is 0 Å². The van der Waals surface area contributed by atoms with E-state index in [9.17, 15) is 4.39 Å². The maximum Gasteiger partial charge on any atom is 0.126 e. The average Bonchev–Trinajstić information content (AvgIpc) is 2.33. The number of ether oxygens (including phenoxy) is 1. The molecular weight excluding hydrogens is 233 g/mol. The number of aliphatic hydroxyl groups excluding tert-OH is 1. The summed E-state index contributed by atoms with van der Waals surface area (Å²) in [5.41, 5.74) is 6.63. The van der Waals surface area contributed by atoms with Crippen molar-refractivity contribution in [2.45, 2.75) is 38.6 Å². The molecule has 0 aliphatic rings. The largest absolute Gasteiger partial charge is 0.493 e. The highest BCUT2D eigenvalue weighted by molar-refractivity contribution is 5.36. The lowest BCUT2D eigenvalue weighted by atomic mass is 10.1. The van der Waals surface area contributed by atoms with Gasteiger partial charge in [0.2, 0.25) is 0 Å². The molecule has 1 atom stereocenters. The van der Waals surface area contributed by atoms with Gasteiger partial charge in [0.1, 0.15) is 11.6 Å². The number of unbranched alkanes of at least 4 members (excludes halogenated alkanes) is 3. The van der Waals surface area contributed by atoms with Gasteiger partial charge in [-0.2, -0.15) is 0 Å². The van der Waals surface area contributed by atoms with Crippen LogP contribution in [0.5, 0.6) is 5.75 Å². The van der Waals surface area contributed by atoms with Crippen molar-refractivity contribution in [2.24, 2.45) is 5.73 Å². The second-order valence-electron chi connectivity index (χ2n) is 4.46. The minimum absolute atomic E-state index is 0.171. The van der Waals surface area contributed by atoms with Crippen LogP contribution in [0.25, 0.3) is 0 Å². The molecule has 1 aromatic rings. The lowest BCUT2D eigenvalue weighted by Crippen LogP contribution is -2.09. The first-order valence-electron chi connectivity index (χ1n) is 6.44. The second-order valence-corrected chi connectivity index (χ2v) is 4.46. The number of rotatable bonds is 8. The molecule has 0 saturated heterocycles. The molecule has 102 valence electrons. The van der Waals surface area contributed by atoms with Crippen LogP contribution in [0.3, 0.4) is 0 Å². The van der Waals surface area contributed by atoms with Gasteiger partial charge in [-0.3, -0.25) is 0 Å². The van der Waals surface area contributed by atoms with E-state index in [1.165, 1.54) is 12.1 Å². The van der Waals surface area contributed by atoms with Gasteiger partial charge in [-0.25, -0.2) is 4.39 Å². The van der Waals surface area contributed by atoms with E-state index in [2.05, 4.69) is 0 Å². The van der Waals surface area contributed by atoms with E-state index >= 15 is 0 Å². The predicted molar refractivity (Wildman–Crippen MR) is 70.1 cm³/mol. The van der Waals surface area contributed by atoms with Crippen molar-refractivity contribution < 1.29 is 14.2 Å². The van der Waals surface area contributed by atoms with E-state index in [-0.39, 0.29) is 18.5 Å². The van der Waals surface area contributed by atoms with E-state index in [1.54, 1.807) is 6.07 Å². The third-order valence-corrected chi connectivity index (χ3v) is 2.78. The summed E-state index contributed by atoms with van der Waals surface area (Å²) >= 11 is 0. The van der Waals surface area contributed by atoms with Gasteiger partial charge < -0.3 is 15.6 Å². The zero-order valence-electron chi connectivity index (χ0n) is 10.9. The highest BCUT2D eigenvalue weighted by Crippen LogP contribution is 2.25. The predicted octanol–water partition coefficient (Wildman–Crippen LogP) is 2.78. The molecule has 3 nitrogen and oxygen atoms in total. The number of nitrogens with two attached hydrogens (primary N) is 1. The second kappa shape index (κ2) is 8.06. The normalized spacial score (nSPS) is 12.4. The van der Waals surface area contributed by atoms with Crippen molar-refractivity contribution in [3.05, 3.63) is 29.6 Å². The molecule has 0 aliphatic carbocycles. The molecule has 1 aromatic carbocycles. The quantitative estimate of drug-likeness (QED) is 0.702. The molecule has 0 aromatic heterocycles. The van der Waals surface area contributed by atoms with Crippen molar-refractivity contribution >= 4 is 0 Å². The van der Waals surface area contributed by atoms with Crippen LogP contribution in [0.4, 0.5) is 4.39 Å². The lowest BCUT2D eigenvalue weighted by Gasteiger charge is -2.14. The maximum absolute atomic E-state index is 13.1. The van der Waals surface area contributed by atoms with Crippen LogP contribution < -0.4 is 10.5 Å². The van der Waals surface area contributed by atoms with Gasteiger partial charge in [0.05, 0.1) is 6.61 Å². The topological polar surface area (TPSA) is 55.5 Å². The summed E-state index contributed by atoms with van der Waals surface area (Å²) in [5, 5.41) is 8.64. The first-order chi connectivity index (χ1) is 8.65. The van der Waals surface area contributed by atoms with E-state index in [0.29, 0.717) is 12.4 Å². The Morgan fingerprint density at radius 2 is 2.00 bits per heavy atom. The number of hydrogen-bond donors (Lipinski definition) is 2. The summed E-state index contributed by atoms with van der Waals surface area (Å²) in [7, 11) is 0. The zero-order chi connectivity index (χ0) is 13.4. The van der Waals surface area contributed by atoms with Crippen molar-refractivity contribution in [3.8, 4) is 5.75 Å². The van der Waals surface area contributed by atoms with Gasteiger partial charge in [0, 0.05) is 24.3 Å². The first kappa shape index (κ1) is 14.9. The molecule has 0 heterocycles. The Hall–Kier alpha value is -1.13. The number of aliphatic hydroxyl groups is 1. The van der Waals surface area contributed by atoms with Crippen molar-refractivity contribution in [2.75, 3.05) is 13.2 Å². The fourth-order valence-corrected chi connectivity index (χ4v) is 1.76. The third kappa shape index (κ3) is 5.02. The SMILES string of the molecule is CC(N)c1ccc(F)cc1OCCCCCCO.